The minimum absolute atomic E-state index is 0.0770. The van der Waals surface area contributed by atoms with Crippen molar-refractivity contribution in [2.24, 2.45) is 0 Å². The second-order valence-corrected chi connectivity index (χ2v) is 4.94. The number of hydrogen-bond acceptors (Lipinski definition) is 3. The van der Waals surface area contributed by atoms with Gasteiger partial charge in [-0.15, -0.1) is 0 Å². The van der Waals surface area contributed by atoms with Crippen molar-refractivity contribution in [1.29, 1.82) is 0 Å². The van der Waals surface area contributed by atoms with Crippen LogP contribution in [0, 0.1) is 5.82 Å². The summed E-state index contributed by atoms with van der Waals surface area (Å²) in [5.41, 5.74) is -0.213. The van der Waals surface area contributed by atoms with Gasteiger partial charge in [-0.1, -0.05) is 42.5 Å². The molecular weight excluding hydrogens is 271 g/mol. The molecule has 0 saturated carbocycles. The van der Waals surface area contributed by atoms with Gasteiger partial charge in [-0.05, 0) is 17.2 Å². The number of benzene rings is 2. The van der Waals surface area contributed by atoms with Gasteiger partial charge in [0.15, 0.2) is 11.6 Å². The highest BCUT2D eigenvalue weighted by molar-refractivity contribution is 5.34. The van der Waals surface area contributed by atoms with Crippen LogP contribution in [0.3, 0.4) is 0 Å². The highest BCUT2D eigenvalue weighted by atomic mass is 19.1. The highest BCUT2D eigenvalue weighted by Crippen LogP contribution is 2.29. The zero-order valence-electron chi connectivity index (χ0n) is 12.2. The van der Waals surface area contributed by atoms with E-state index in [1.54, 1.807) is 30.3 Å². The molecule has 0 radical (unpaired) electrons. The third-order valence-electron chi connectivity index (χ3n) is 3.44. The Kier molecular flexibility index (Phi) is 4.94. The van der Waals surface area contributed by atoms with E-state index >= 15 is 0 Å². The first-order valence-corrected chi connectivity index (χ1v) is 6.69. The molecule has 0 aromatic heterocycles. The Morgan fingerprint density at radius 3 is 2.38 bits per heavy atom. The zero-order valence-corrected chi connectivity index (χ0v) is 12.2. The number of ether oxygens (including phenoxy) is 2. The Balaban J connectivity index is 2.37. The van der Waals surface area contributed by atoms with Gasteiger partial charge < -0.3 is 14.6 Å². The molecule has 0 heterocycles. The molecule has 2 aromatic carbocycles. The zero-order chi connectivity index (χ0) is 15.3. The van der Waals surface area contributed by atoms with E-state index < -0.39 is 11.4 Å². The van der Waals surface area contributed by atoms with Crippen molar-refractivity contribution in [3.63, 3.8) is 0 Å². The lowest BCUT2D eigenvalue weighted by atomic mass is 9.87. The van der Waals surface area contributed by atoms with Gasteiger partial charge in [0.2, 0.25) is 0 Å². The molecule has 2 aromatic rings. The summed E-state index contributed by atoms with van der Waals surface area (Å²) in [5.74, 6) is -0.286. The van der Waals surface area contributed by atoms with Crippen LogP contribution in [0.15, 0.2) is 48.5 Å². The Hall–Kier alpha value is -1.91. The quantitative estimate of drug-likeness (QED) is 0.889. The lowest BCUT2D eigenvalue weighted by Crippen LogP contribution is -2.34. The fourth-order valence-corrected chi connectivity index (χ4v) is 2.39. The first-order chi connectivity index (χ1) is 10.1. The maximum atomic E-state index is 14.3. The molecule has 4 heteroatoms. The van der Waals surface area contributed by atoms with E-state index in [1.807, 2.05) is 18.2 Å². The molecule has 3 nitrogen and oxygen atoms in total. The average molecular weight is 290 g/mol. The lowest BCUT2D eigenvalue weighted by Gasteiger charge is -2.28. The molecule has 0 saturated heterocycles. The van der Waals surface area contributed by atoms with Crippen LogP contribution in [-0.4, -0.2) is 25.9 Å². The molecule has 0 aliphatic rings. The summed E-state index contributed by atoms with van der Waals surface area (Å²) in [6.45, 7) is 0.0770. The van der Waals surface area contributed by atoms with E-state index in [4.69, 9.17) is 9.47 Å². The van der Waals surface area contributed by atoms with E-state index in [9.17, 15) is 9.50 Å². The van der Waals surface area contributed by atoms with E-state index in [0.29, 0.717) is 11.1 Å². The van der Waals surface area contributed by atoms with Crippen LogP contribution < -0.4 is 4.74 Å². The van der Waals surface area contributed by atoms with Gasteiger partial charge in [-0.25, -0.2) is 4.39 Å². The number of aliphatic hydroxyl groups is 1. The molecule has 1 atom stereocenters. The molecular formula is C17H19FO3. The average Bonchev–Trinajstić information content (AvgIpc) is 2.50. The van der Waals surface area contributed by atoms with Crippen molar-refractivity contribution < 1.29 is 19.0 Å². The van der Waals surface area contributed by atoms with Gasteiger partial charge in [-0.2, -0.15) is 0 Å². The van der Waals surface area contributed by atoms with E-state index in [2.05, 4.69) is 0 Å². The van der Waals surface area contributed by atoms with Gasteiger partial charge in [0.05, 0.1) is 13.7 Å². The van der Waals surface area contributed by atoms with Crippen LogP contribution in [0.4, 0.5) is 4.39 Å². The largest absolute Gasteiger partial charge is 0.494 e. The molecule has 0 aliphatic carbocycles. The highest BCUT2D eigenvalue weighted by Gasteiger charge is 2.31. The summed E-state index contributed by atoms with van der Waals surface area (Å²) in [6.07, 6.45) is 0.105. The third-order valence-corrected chi connectivity index (χ3v) is 3.44. The van der Waals surface area contributed by atoms with E-state index in [1.165, 1.54) is 14.2 Å². The Labute approximate surface area is 124 Å². The van der Waals surface area contributed by atoms with Gasteiger partial charge >= 0.3 is 0 Å². The fourth-order valence-electron chi connectivity index (χ4n) is 2.39. The summed E-state index contributed by atoms with van der Waals surface area (Å²) in [7, 11) is 2.93. The summed E-state index contributed by atoms with van der Waals surface area (Å²) in [4.78, 5) is 0. The van der Waals surface area contributed by atoms with E-state index in [0.717, 1.165) is 0 Å². The first kappa shape index (κ1) is 15.5. The third kappa shape index (κ3) is 3.40. The minimum Gasteiger partial charge on any atom is -0.494 e. The molecule has 0 spiro atoms. The molecule has 21 heavy (non-hydrogen) atoms. The standard InChI is InChI=1S/C17H19FO3/c1-20-12-17(19,14-8-4-3-5-9-14)11-13-7-6-10-15(21-2)16(13)18/h3-10,19H,11-12H2,1-2H3. The second kappa shape index (κ2) is 6.70. The fraction of sp³-hybridized carbons (Fsp3) is 0.294. The summed E-state index contributed by atoms with van der Waals surface area (Å²) < 4.78 is 24.4. The molecule has 112 valence electrons. The Morgan fingerprint density at radius 2 is 1.76 bits per heavy atom. The summed E-state index contributed by atoms with van der Waals surface area (Å²) in [5, 5.41) is 10.9. The number of halogens is 1. The van der Waals surface area contributed by atoms with Gasteiger partial charge in [0.1, 0.15) is 5.60 Å². The maximum Gasteiger partial charge on any atom is 0.168 e. The smallest absolute Gasteiger partial charge is 0.168 e. The summed E-state index contributed by atoms with van der Waals surface area (Å²) >= 11 is 0. The minimum atomic E-state index is -1.29. The second-order valence-electron chi connectivity index (χ2n) is 4.94. The molecule has 0 fully saturated rings. The Bertz CT molecular complexity index is 586. The molecule has 0 aliphatic heterocycles. The van der Waals surface area contributed by atoms with Crippen LogP contribution in [0.2, 0.25) is 0 Å². The molecule has 0 bridgehead atoms. The SMILES string of the molecule is COCC(O)(Cc1cccc(OC)c1F)c1ccccc1. The normalized spacial score (nSPS) is 13.7. The van der Waals surface area contributed by atoms with Crippen LogP contribution >= 0.6 is 0 Å². The van der Waals surface area contributed by atoms with Crippen molar-refractivity contribution in [1.82, 2.24) is 0 Å². The molecule has 1 unspecified atom stereocenters. The van der Waals surface area contributed by atoms with E-state index in [-0.39, 0.29) is 18.8 Å². The van der Waals surface area contributed by atoms with Gasteiger partial charge in [0.25, 0.3) is 0 Å². The topological polar surface area (TPSA) is 38.7 Å². The number of methoxy groups -OCH3 is 2. The van der Waals surface area contributed by atoms with Crippen molar-refractivity contribution in [3.05, 3.63) is 65.5 Å². The lowest BCUT2D eigenvalue weighted by molar-refractivity contribution is -0.0360. The van der Waals surface area contributed by atoms with Crippen LogP contribution in [0.1, 0.15) is 11.1 Å². The van der Waals surface area contributed by atoms with Crippen LogP contribution in [-0.2, 0) is 16.8 Å². The van der Waals surface area contributed by atoms with Crippen molar-refractivity contribution in [3.8, 4) is 5.75 Å². The molecule has 2 rings (SSSR count). The molecule has 0 amide bonds. The van der Waals surface area contributed by atoms with Crippen molar-refractivity contribution >= 4 is 0 Å². The van der Waals surface area contributed by atoms with Gasteiger partial charge in [0, 0.05) is 13.5 Å². The first-order valence-electron chi connectivity index (χ1n) is 6.69. The molecule has 1 N–H and O–H groups in total. The van der Waals surface area contributed by atoms with Crippen molar-refractivity contribution in [2.45, 2.75) is 12.0 Å². The van der Waals surface area contributed by atoms with Crippen molar-refractivity contribution in [2.75, 3.05) is 20.8 Å². The Morgan fingerprint density at radius 1 is 1.05 bits per heavy atom. The van der Waals surface area contributed by atoms with Crippen LogP contribution in [0.5, 0.6) is 5.75 Å². The number of rotatable bonds is 6. The predicted molar refractivity (Wildman–Crippen MR) is 78.9 cm³/mol. The van der Waals surface area contributed by atoms with Gasteiger partial charge in [-0.3, -0.25) is 0 Å². The van der Waals surface area contributed by atoms with Crippen LogP contribution in [0.25, 0.3) is 0 Å². The predicted octanol–water partition coefficient (Wildman–Crippen LogP) is 2.91. The summed E-state index contributed by atoms with van der Waals surface area (Å²) in [6, 6.07) is 14.0. The monoisotopic (exact) mass is 290 g/mol. The maximum absolute atomic E-state index is 14.3. The number of hydrogen-bond donors (Lipinski definition) is 1.